The average molecular weight is 380 g/mol. The summed E-state index contributed by atoms with van der Waals surface area (Å²) in [6.07, 6.45) is 1.70. The molecular weight excluding hydrogens is 360 g/mol. The second-order valence-electron chi connectivity index (χ2n) is 7.47. The summed E-state index contributed by atoms with van der Waals surface area (Å²) in [4.78, 5) is 29.8. The minimum atomic E-state index is -0.435. The van der Waals surface area contributed by atoms with Gasteiger partial charge in [0.15, 0.2) is 17.2 Å². The van der Waals surface area contributed by atoms with E-state index in [1.54, 1.807) is 47.0 Å². The Kier molecular flexibility index (Phi) is 4.18. The van der Waals surface area contributed by atoms with Gasteiger partial charge in [0.25, 0.3) is 11.8 Å². The molecule has 0 saturated carbocycles. The van der Waals surface area contributed by atoms with Crippen LogP contribution in [0.3, 0.4) is 0 Å². The summed E-state index contributed by atoms with van der Waals surface area (Å²) in [5.41, 5.74) is 0.880. The lowest BCUT2D eigenvalue weighted by molar-refractivity contribution is 0.0916. The number of hydrogen-bond donors (Lipinski definition) is 2. The molecule has 1 aliphatic heterocycles. The number of carbonyl (C=O) groups excluding carboxylic acids is 2. The lowest BCUT2D eigenvalue weighted by Gasteiger charge is -2.19. The van der Waals surface area contributed by atoms with Crippen LogP contribution in [0.5, 0.6) is 11.5 Å². The van der Waals surface area contributed by atoms with E-state index in [0.717, 1.165) is 0 Å². The van der Waals surface area contributed by atoms with E-state index in [4.69, 9.17) is 9.47 Å². The highest BCUT2D eigenvalue weighted by Crippen LogP contribution is 2.34. The molecular formula is C20H20N4O4. The fourth-order valence-electron chi connectivity index (χ4n) is 2.93. The van der Waals surface area contributed by atoms with Crippen molar-refractivity contribution in [1.29, 1.82) is 0 Å². The van der Waals surface area contributed by atoms with Crippen LogP contribution < -0.4 is 20.1 Å². The number of imidazole rings is 1. The Balaban J connectivity index is 1.66. The lowest BCUT2D eigenvalue weighted by Crippen LogP contribution is -2.40. The van der Waals surface area contributed by atoms with Gasteiger partial charge >= 0.3 is 0 Å². The van der Waals surface area contributed by atoms with Crippen molar-refractivity contribution in [3.63, 3.8) is 0 Å². The van der Waals surface area contributed by atoms with Crippen LogP contribution in [0.15, 0.2) is 42.6 Å². The normalized spacial score (nSPS) is 12.8. The monoisotopic (exact) mass is 380 g/mol. The van der Waals surface area contributed by atoms with Gasteiger partial charge in [-0.1, -0.05) is 6.07 Å². The van der Waals surface area contributed by atoms with Crippen LogP contribution in [0, 0.1) is 0 Å². The smallest absolute Gasteiger partial charge is 0.292 e. The summed E-state index contributed by atoms with van der Waals surface area (Å²) in [6.45, 7) is 5.81. The van der Waals surface area contributed by atoms with Gasteiger partial charge in [0.1, 0.15) is 0 Å². The molecule has 28 heavy (non-hydrogen) atoms. The van der Waals surface area contributed by atoms with Crippen LogP contribution in [0.1, 0.15) is 41.9 Å². The molecule has 3 aromatic rings. The number of amides is 2. The van der Waals surface area contributed by atoms with Crippen molar-refractivity contribution in [3.8, 4) is 11.5 Å². The molecule has 8 heteroatoms. The number of anilines is 1. The molecule has 2 aromatic heterocycles. The van der Waals surface area contributed by atoms with E-state index in [-0.39, 0.29) is 24.2 Å². The van der Waals surface area contributed by atoms with Crippen molar-refractivity contribution in [1.82, 2.24) is 14.7 Å². The summed E-state index contributed by atoms with van der Waals surface area (Å²) in [7, 11) is 0. The number of rotatable bonds is 3. The number of nitrogens with zero attached hydrogens (tertiary/aromatic N) is 2. The second kappa shape index (κ2) is 6.56. The molecule has 4 rings (SSSR count). The SMILES string of the molecule is CC(C)(C)NC(=O)c1nc(C(=O)Nc2ccc3c(c2)OCO3)n2ccccc12. The third kappa shape index (κ3) is 3.36. The Hall–Kier alpha value is -3.55. The van der Waals surface area contributed by atoms with E-state index in [2.05, 4.69) is 15.6 Å². The molecule has 0 atom stereocenters. The van der Waals surface area contributed by atoms with E-state index in [1.165, 1.54) is 0 Å². The van der Waals surface area contributed by atoms with Crippen LogP contribution in [0.4, 0.5) is 5.69 Å². The molecule has 0 saturated heterocycles. The van der Waals surface area contributed by atoms with Crippen molar-refractivity contribution in [2.75, 3.05) is 12.1 Å². The van der Waals surface area contributed by atoms with Crippen molar-refractivity contribution >= 4 is 23.0 Å². The van der Waals surface area contributed by atoms with E-state index in [0.29, 0.717) is 22.7 Å². The summed E-state index contributed by atoms with van der Waals surface area (Å²) in [5, 5.41) is 5.67. The molecule has 3 heterocycles. The molecule has 2 amide bonds. The minimum Gasteiger partial charge on any atom is -0.454 e. The van der Waals surface area contributed by atoms with E-state index in [1.807, 2.05) is 20.8 Å². The van der Waals surface area contributed by atoms with Crippen LogP contribution in [-0.2, 0) is 0 Å². The van der Waals surface area contributed by atoms with Gasteiger partial charge in [-0.2, -0.15) is 0 Å². The molecule has 0 spiro atoms. The molecule has 0 unspecified atom stereocenters. The number of ether oxygens (including phenoxy) is 2. The highest BCUT2D eigenvalue weighted by Gasteiger charge is 2.24. The predicted molar refractivity (Wildman–Crippen MR) is 103 cm³/mol. The van der Waals surface area contributed by atoms with Gasteiger partial charge in [0.05, 0.1) is 5.52 Å². The van der Waals surface area contributed by atoms with Gasteiger partial charge in [-0.15, -0.1) is 0 Å². The Bertz CT molecular complexity index is 1080. The van der Waals surface area contributed by atoms with Crippen molar-refractivity contribution in [2.24, 2.45) is 0 Å². The van der Waals surface area contributed by atoms with Crippen LogP contribution in [0.2, 0.25) is 0 Å². The second-order valence-corrected chi connectivity index (χ2v) is 7.47. The molecule has 0 bridgehead atoms. The van der Waals surface area contributed by atoms with Crippen LogP contribution in [-0.4, -0.2) is 33.5 Å². The van der Waals surface area contributed by atoms with Crippen molar-refractivity contribution in [3.05, 3.63) is 54.1 Å². The fraction of sp³-hybridized carbons (Fsp3) is 0.250. The van der Waals surface area contributed by atoms with Gasteiger partial charge in [0.2, 0.25) is 12.6 Å². The highest BCUT2D eigenvalue weighted by atomic mass is 16.7. The summed E-state index contributed by atoms with van der Waals surface area (Å²) < 4.78 is 12.2. The zero-order valence-electron chi connectivity index (χ0n) is 15.8. The number of carbonyl (C=O) groups is 2. The predicted octanol–water partition coefficient (Wildman–Crippen LogP) is 2.84. The maximum atomic E-state index is 12.9. The molecule has 0 radical (unpaired) electrons. The molecule has 2 N–H and O–H groups in total. The highest BCUT2D eigenvalue weighted by molar-refractivity contribution is 6.06. The van der Waals surface area contributed by atoms with Gasteiger partial charge in [-0.25, -0.2) is 4.98 Å². The Labute approximate surface area is 161 Å². The molecule has 0 fully saturated rings. The molecule has 8 nitrogen and oxygen atoms in total. The van der Waals surface area contributed by atoms with Crippen molar-refractivity contribution in [2.45, 2.75) is 26.3 Å². The first-order valence-electron chi connectivity index (χ1n) is 8.82. The topological polar surface area (TPSA) is 94.0 Å². The first-order chi connectivity index (χ1) is 13.3. The number of hydrogen-bond acceptors (Lipinski definition) is 5. The third-order valence-corrected chi connectivity index (χ3v) is 4.09. The lowest BCUT2D eigenvalue weighted by atomic mass is 10.1. The Morgan fingerprint density at radius 3 is 2.64 bits per heavy atom. The van der Waals surface area contributed by atoms with Crippen molar-refractivity contribution < 1.29 is 19.1 Å². The largest absolute Gasteiger partial charge is 0.454 e. The molecule has 0 aliphatic carbocycles. The number of pyridine rings is 1. The van der Waals surface area contributed by atoms with Gasteiger partial charge in [0, 0.05) is 23.5 Å². The fourth-order valence-corrected chi connectivity index (χ4v) is 2.93. The zero-order chi connectivity index (χ0) is 19.9. The number of nitrogens with one attached hydrogen (secondary N) is 2. The first kappa shape index (κ1) is 17.8. The van der Waals surface area contributed by atoms with Gasteiger partial charge in [-0.05, 0) is 45.0 Å². The quantitative estimate of drug-likeness (QED) is 0.729. The first-order valence-corrected chi connectivity index (χ1v) is 8.82. The number of fused-ring (bicyclic) bond motifs is 2. The average Bonchev–Trinajstić information content (AvgIpc) is 3.24. The summed E-state index contributed by atoms with van der Waals surface area (Å²) >= 11 is 0. The summed E-state index contributed by atoms with van der Waals surface area (Å²) in [5.74, 6) is 0.543. The third-order valence-electron chi connectivity index (χ3n) is 4.09. The van der Waals surface area contributed by atoms with Gasteiger partial charge < -0.3 is 20.1 Å². The minimum absolute atomic E-state index is 0.118. The van der Waals surface area contributed by atoms with Crippen LogP contribution >= 0.6 is 0 Å². The molecule has 144 valence electrons. The van der Waals surface area contributed by atoms with E-state index in [9.17, 15) is 9.59 Å². The maximum absolute atomic E-state index is 12.9. The number of aromatic nitrogens is 2. The summed E-state index contributed by atoms with van der Waals surface area (Å²) in [6, 6.07) is 10.4. The molecule has 1 aromatic carbocycles. The maximum Gasteiger partial charge on any atom is 0.292 e. The number of benzene rings is 1. The van der Waals surface area contributed by atoms with E-state index >= 15 is 0 Å². The Morgan fingerprint density at radius 2 is 1.86 bits per heavy atom. The standard InChI is InChI=1S/C20H20N4O4/c1-20(2,3)23-18(25)16-13-6-4-5-9-24(13)17(22-16)19(26)21-12-7-8-14-15(10-12)28-11-27-14/h4-10H,11H2,1-3H3,(H,21,26)(H,23,25). The van der Waals surface area contributed by atoms with Crippen LogP contribution in [0.25, 0.3) is 5.52 Å². The Morgan fingerprint density at radius 1 is 1.07 bits per heavy atom. The zero-order valence-corrected chi connectivity index (χ0v) is 15.8. The molecule has 1 aliphatic rings. The van der Waals surface area contributed by atoms with Gasteiger partial charge in [-0.3, -0.25) is 14.0 Å². The van der Waals surface area contributed by atoms with E-state index < -0.39 is 11.4 Å².